The number of aryl methyl sites for hydroxylation is 1. The molecule has 6 heteroatoms. The van der Waals surface area contributed by atoms with Crippen LogP contribution in [0, 0.1) is 17.2 Å². The lowest BCUT2D eigenvalue weighted by Crippen LogP contribution is -2.34. The zero-order valence-electron chi connectivity index (χ0n) is 17.3. The van der Waals surface area contributed by atoms with Crippen molar-refractivity contribution in [2.75, 3.05) is 13.1 Å². The van der Waals surface area contributed by atoms with Crippen LogP contribution in [0.3, 0.4) is 0 Å². The second-order valence-electron chi connectivity index (χ2n) is 8.20. The monoisotopic (exact) mass is 380 g/mol. The summed E-state index contributed by atoms with van der Waals surface area (Å²) in [5, 5.41) is 17.9. The zero-order valence-corrected chi connectivity index (χ0v) is 17.3. The molecule has 1 aliphatic rings. The Morgan fingerprint density at radius 2 is 2.21 bits per heavy atom. The summed E-state index contributed by atoms with van der Waals surface area (Å²) in [7, 11) is 2.01. The van der Waals surface area contributed by atoms with Gasteiger partial charge in [0.1, 0.15) is 12.2 Å². The van der Waals surface area contributed by atoms with Crippen molar-refractivity contribution in [2.45, 2.75) is 58.0 Å². The summed E-state index contributed by atoms with van der Waals surface area (Å²) in [6, 6.07) is 8.40. The number of aromatic nitrogens is 3. The molecule has 6 nitrogen and oxygen atoms in total. The highest BCUT2D eigenvalue weighted by Crippen LogP contribution is 2.29. The van der Waals surface area contributed by atoms with Crippen LogP contribution in [0.5, 0.6) is 0 Å². The fourth-order valence-electron chi connectivity index (χ4n) is 4.36. The second kappa shape index (κ2) is 9.31. The van der Waals surface area contributed by atoms with Crippen molar-refractivity contribution in [1.82, 2.24) is 19.7 Å². The molecule has 1 aromatic heterocycles. The molecule has 2 aromatic rings. The fraction of sp³-hybridized carbons (Fsp3) is 0.591. The van der Waals surface area contributed by atoms with Gasteiger partial charge in [0.25, 0.3) is 0 Å². The number of benzene rings is 1. The Bertz CT molecular complexity index is 821. The molecule has 3 rings (SSSR count). The standard InChI is InChI=1S/C22H32N6/c1-4-6-16(2)21(24)20-11-17(8-9-18(20)12-23)13-28-10-5-7-19(14-28)22-26-25-15-27(22)3/h8-9,11,15-16,19,21H,4-7,10,13-14,24H2,1-3H3. The Labute approximate surface area is 168 Å². The fourth-order valence-corrected chi connectivity index (χ4v) is 4.36. The van der Waals surface area contributed by atoms with E-state index in [-0.39, 0.29) is 6.04 Å². The first kappa shape index (κ1) is 20.5. The highest BCUT2D eigenvalue weighted by molar-refractivity contribution is 5.42. The minimum Gasteiger partial charge on any atom is -0.324 e. The molecule has 3 unspecified atom stereocenters. The molecular formula is C22H32N6. The quantitative estimate of drug-likeness (QED) is 0.795. The number of hydrogen-bond donors (Lipinski definition) is 1. The predicted molar refractivity (Wildman–Crippen MR) is 110 cm³/mol. The summed E-state index contributed by atoms with van der Waals surface area (Å²) >= 11 is 0. The van der Waals surface area contributed by atoms with Crippen LogP contribution in [0.4, 0.5) is 0 Å². The van der Waals surface area contributed by atoms with Gasteiger partial charge in [-0.3, -0.25) is 4.90 Å². The molecule has 1 aromatic carbocycles. The molecule has 28 heavy (non-hydrogen) atoms. The Balaban J connectivity index is 1.74. The topological polar surface area (TPSA) is 83.8 Å². The molecule has 0 amide bonds. The van der Waals surface area contributed by atoms with Gasteiger partial charge in [0.2, 0.25) is 0 Å². The third kappa shape index (κ3) is 4.60. The highest BCUT2D eigenvalue weighted by atomic mass is 15.3. The molecule has 2 N–H and O–H groups in total. The molecule has 150 valence electrons. The van der Waals surface area contributed by atoms with Gasteiger partial charge in [-0.2, -0.15) is 5.26 Å². The van der Waals surface area contributed by atoms with Crippen LogP contribution in [0.1, 0.15) is 74.0 Å². The lowest BCUT2D eigenvalue weighted by Gasteiger charge is -2.32. The van der Waals surface area contributed by atoms with Crippen LogP contribution < -0.4 is 5.73 Å². The number of nitrogens with zero attached hydrogens (tertiary/aromatic N) is 5. The van der Waals surface area contributed by atoms with Gasteiger partial charge in [-0.15, -0.1) is 10.2 Å². The van der Waals surface area contributed by atoms with Crippen molar-refractivity contribution < 1.29 is 0 Å². The van der Waals surface area contributed by atoms with Crippen molar-refractivity contribution in [1.29, 1.82) is 5.26 Å². The first-order chi connectivity index (χ1) is 13.5. The molecular weight excluding hydrogens is 348 g/mol. The molecule has 0 aliphatic carbocycles. The Morgan fingerprint density at radius 3 is 2.89 bits per heavy atom. The van der Waals surface area contributed by atoms with Crippen molar-refractivity contribution in [3.8, 4) is 6.07 Å². The van der Waals surface area contributed by atoms with Crippen LogP contribution in [0.15, 0.2) is 24.5 Å². The summed E-state index contributed by atoms with van der Waals surface area (Å²) in [5.74, 6) is 1.86. The molecule has 0 bridgehead atoms. The maximum Gasteiger partial charge on any atom is 0.136 e. The summed E-state index contributed by atoms with van der Waals surface area (Å²) in [4.78, 5) is 2.48. The van der Waals surface area contributed by atoms with Crippen LogP contribution >= 0.6 is 0 Å². The SMILES string of the molecule is CCCC(C)C(N)c1cc(CN2CCCC(c3nncn3C)C2)ccc1C#N. The van der Waals surface area contributed by atoms with E-state index < -0.39 is 0 Å². The lowest BCUT2D eigenvalue weighted by atomic mass is 9.88. The molecule has 0 saturated carbocycles. The average Bonchev–Trinajstić information content (AvgIpc) is 3.13. The molecule has 1 saturated heterocycles. The molecule has 1 aliphatic heterocycles. The van der Waals surface area contributed by atoms with Gasteiger partial charge in [0.15, 0.2) is 0 Å². The van der Waals surface area contributed by atoms with Crippen molar-refractivity contribution in [3.05, 3.63) is 47.0 Å². The van der Waals surface area contributed by atoms with Gasteiger partial charge < -0.3 is 10.3 Å². The number of likely N-dealkylation sites (tertiary alicyclic amines) is 1. The van der Waals surface area contributed by atoms with Crippen LogP contribution in [0.2, 0.25) is 0 Å². The summed E-state index contributed by atoms with van der Waals surface area (Å²) in [6.45, 7) is 7.30. The Kier molecular flexibility index (Phi) is 6.82. The first-order valence-electron chi connectivity index (χ1n) is 10.4. The van der Waals surface area contributed by atoms with Gasteiger partial charge >= 0.3 is 0 Å². The van der Waals surface area contributed by atoms with Gasteiger partial charge in [0, 0.05) is 32.1 Å². The van der Waals surface area contributed by atoms with Crippen molar-refractivity contribution in [2.24, 2.45) is 18.7 Å². The Hall–Kier alpha value is -2.23. The molecule has 2 heterocycles. The molecule has 3 atom stereocenters. The predicted octanol–water partition coefficient (Wildman–Crippen LogP) is 3.50. The number of nitrogens with two attached hydrogens (primary N) is 1. The van der Waals surface area contributed by atoms with Crippen LogP contribution in [-0.4, -0.2) is 32.8 Å². The lowest BCUT2D eigenvalue weighted by molar-refractivity contribution is 0.195. The van der Waals surface area contributed by atoms with E-state index in [1.54, 1.807) is 6.33 Å². The van der Waals surface area contributed by atoms with E-state index in [1.807, 2.05) is 17.7 Å². The van der Waals surface area contributed by atoms with Crippen LogP contribution in [-0.2, 0) is 13.6 Å². The van der Waals surface area contributed by atoms with Crippen LogP contribution in [0.25, 0.3) is 0 Å². The highest BCUT2D eigenvalue weighted by Gasteiger charge is 2.25. The summed E-state index contributed by atoms with van der Waals surface area (Å²) < 4.78 is 2.03. The number of hydrogen-bond acceptors (Lipinski definition) is 5. The van der Waals surface area contributed by atoms with E-state index in [2.05, 4.69) is 47.1 Å². The van der Waals surface area contributed by atoms with E-state index in [9.17, 15) is 5.26 Å². The maximum atomic E-state index is 9.53. The smallest absolute Gasteiger partial charge is 0.136 e. The average molecular weight is 381 g/mol. The summed E-state index contributed by atoms with van der Waals surface area (Å²) in [6.07, 6.45) is 6.27. The van der Waals surface area contributed by atoms with Gasteiger partial charge in [-0.05, 0) is 48.9 Å². The molecule has 0 spiro atoms. The van der Waals surface area contributed by atoms with Crippen molar-refractivity contribution in [3.63, 3.8) is 0 Å². The van der Waals surface area contributed by atoms with Crippen molar-refractivity contribution >= 4 is 0 Å². The van der Waals surface area contributed by atoms with Gasteiger partial charge in [-0.1, -0.05) is 32.4 Å². The molecule has 0 radical (unpaired) electrons. The van der Waals surface area contributed by atoms with E-state index in [4.69, 9.17) is 5.73 Å². The zero-order chi connectivity index (χ0) is 20.1. The molecule has 1 fully saturated rings. The minimum absolute atomic E-state index is 0.0951. The van der Waals surface area contributed by atoms with E-state index >= 15 is 0 Å². The number of rotatable bonds is 7. The first-order valence-corrected chi connectivity index (χ1v) is 10.4. The number of piperidine rings is 1. The second-order valence-corrected chi connectivity index (χ2v) is 8.20. The van der Waals surface area contributed by atoms with E-state index in [0.29, 0.717) is 17.4 Å². The third-order valence-corrected chi connectivity index (χ3v) is 5.98. The van der Waals surface area contributed by atoms with E-state index in [1.165, 1.54) is 5.56 Å². The largest absolute Gasteiger partial charge is 0.324 e. The third-order valence-electron chi connectivity index (χ3n) is 5.98. The minimum atomic E-state index is -0.0951. The summed E-state index contributed by atoms with van der Waals surface area (Å²) in [5.41, 5.74) is 9.44. The van der Waals surface area contributed by atoms with E-state index in [0.717, 1.165) is 56.7 Å². The maximum absolute atomic E-state index is 9.53. The normalized spacial score (nSPS) is 19.9. The number of nitriles is 1. The van der Waals surface area contributed by atoms with Gasteiger partial charge in [0.05, 0.1) is 11.6 Å². The Morgan fingerprint density at radius 1 is 1.39 bits per heavy atom. The van der Waals surface area contributed by atoms with Gasteiger partial charge in [-0.25, -0.2) is 0 Å².